The molecule has 0 atom stereocenters. The SMILES string of the molecule is C#CCCCCNc1nccnc1Cl. The van der Waals surface area contributed by atoms with E-state index in [4.69, 9.17) is 18.0 Å². The molecular formula is C10H12ClN3. The molecular weight excluding hydrogens is 198 g/mol. The molecule has 1 rings (SSSR count). The van der Waals surface area contributed by atoms with Gasteiger partial charge >= 0.3 is 0 Å². The van der Waals surface area contributed by atoms with Crippen LogP contribution in [0.5, 0.6) is 0 Å². The third-order valence-electron chi connectivity index (χ3n) is 1.69. The van der Waals surface area contributed by atoms with E-state index in [2.05, 4.69) is 21.2 Å². The molecule has 0 aliphatic heterocycles. The first-order valence-corrected chi connectivity index (χ1v) is 4.86. The van der Waals surface area contributed by atoms with Crippen molar-refractivity contribution in [3.63, 3.8) is 0 Å². The Labute approximate surface area is 88.9 Å². The van der Waals surface area contributed by atoms with Gasteiger partial charge in [0.05, 0.1) is 0 Å². The second kappa shape index (κ2) is 6.22. The number of hydrogen-bond donors (Lipinski definition) is 1. The average molecular weight is 210 g/mol. The predicted molar refractivity (Wildman–Crippen MR) is 58.2 cm³/mol. The van der Waals surface area contributed by atoms with Crippen molar-refractivity contribution in [1.29, 1.82) is 0 Å². The number of halogens is 1. The average Bonchev–Trinajstić information content (AvgIpc) is 2.20. The molecule has 0 aliphatic carbocycles. The minimum Gasteiger partial charge on any atom is -0.368 e. The van der Waals surface area contributed by atoms with Crippen LogP contribution in [0.15, 0.2) is 12.4 Å². The summed E-state index contributed by atoms with van der Waals surface area (Å²) >= 11 is 5.80. The highest BCUT2D eigenvalue weighted by molar-refractivity contribution is 6.31. The van der Waals surface area contributed by atoms with E-state index >= 15 is 0 Å². The molecule has 0 spiro atoms. The normalized spacial score (nSPS) is 9.43. The first kappa shape index (κ1) is 10.8. The van der Waals surface area contributed by atoms with Crippen molar-refractivity contribution in [3.05, 3.63) is 17.5 Å². The standard InChI is InChI=1S/C10H12ClN3/c1-2-3-4-5-6-13-10-9(11)12-7-8-14-10/h1,7-8H,3-6H2,(H,13,14). The molecule has 14 heavy (non-hydrogen) atoms. The smallest absolute Gasteiger partial charge is 0.171 e. The van der Waals surface area contributed by atoms with Crippen LogP contribution in [0, 0.1) is 12.3 Å². The Balaban J connectivity index is 2.25. The van der Waals surface area contributed by atoms with Gasteiger partial charge in [0.25, 0.3) is 0 Å². The highest BCUT2D eigenvalue weighted by atomic mass is 35.5. The second-order valence-corrected chi connectivity index (χ2v) is 3.14. The van der Waals surface area contributed by atoms with Gasteiger partial charge in [-0.15, -0.1) is 12.3 Å². The fraction of sp³-hybridized carbons (Fsp3) is 0.400. The van der Waals surface area contributed by atoms with E-state index in [-0.39, 0.29) is 0 Å². The second-order valence-electron chi connectivity index (χ2n) is 2.78. The molecule has 0 bridgehead atoms. The quantitative estimate of drug-likeness (QED) is 0.598. The summed E-state index contributed by atoms with van der Waals surface area (Å²) in [5.74, 6) is 3.23. The molecule has 0 radical (unpaired) electrons. The molecule has 0 unspecified atom stereocenters. The lowest BCUT2D eigenvalue weighted by Gasteiger charge is -2.04. The zero-order chi connectivity index (χ0) is 10.2. The van der Waals surface area contributed by atoms with Crippen molar-refractivity contribution < 1.29 is 0 Å². The van der Waals surface area contributed by atoms with E-state index in [0.29, 0.717) is 11.0 Å². The van der Waals surface area contributed by atoms with E-state index in [1.54, 1.807) is 12.4 Å². The number of nitrogens with one attached hydrogen (secondary N) is 1. The van der Waals surface area contributed by atoms with E-state index in [1.165, 1.54) is 0 Å². The Morgan fingerprint density at radius 3 is 2.86 bits per heavy atom. The van der Waals surface area contributed by atoms with Crippen molar-refractivity contribution in [2.45, 2.75) is 19.3 Å². The molecule has 1 heterocycles. The molecule has 0 fully saturated rings. The summed E-state index contributed by atoms with van der Waals surface area (Å²) in [6, 6.07) is 0. The molecule has 0 amide bonds. The lowest BCUT2D eigenvalue weighted by atomic mass is 10.2. The molecule has 0 aliphatic rings. The topological polar surface area (TPSA) is 37.8 Å². The summed E-state index contributed by atoms with van der Waals surface area (Å²) in [7, 11) is 0. The van der Waals surface area contributed by atoms with Crippen molar-refractivity contribution in [1.82, 2.24) is 9.97 Å². The third-order valence-corrected chi connectivity index (χ3v) is 1.97. The Hall–Kier alpha value is -1.27. The Kier molecular flexibility index (Phi) is 4.81. The van der Waals surface area contributed by atoms with E-state index in [0.717, 1.165) is 25.8 Å². The maximum absolute atomic E-state index is 5.80. The Morgan fingerprint density at radius 1 is 1.36 bits per heavy atom. The highest BCUT2D eigenvalue weighted by Crippen LogP contribution is 2.13. The van der Waals surface area contributed by atoms with Gasteiger partial charge < -0.3 is 5.32 Å². The lowest BCUT2D eigenvalue weighted by Crippen LogP contribution is -2.04. The summed E-state index contributed by atoms with van der Waals surface area (Å²) in [4.78, 5) is 7.95. The van der Waals surface area contributed by atoms with Crippen LogP contribution >= 0.6 is 11.6 Å². The number of rotatable bonds is 5. The largest absolute Gasteiger partial charge is 0.368 e. The van der Waals surface area contributed by atoms with Crippen LogP contribution in [-0.4, -0.2) is 16.5 Å². The monoisotopic (exact) mass is 209 g/mol. The van der Waals surface area contributed by atoms with Gasteiger partial charge in [0.1, 0.15) is 0 Å². The van der Waals surface area contributed by atoms with Crippen LogP contribution in [0.2, 0.25) is 5.15 Å². The number of terminal acetylenes is 1. The number of aromatic nitrogens is 2. The number of anilines is 1. The van der Waals surface area contributed by atoms with Gasteiger partial charge in [-0.05, 0) is 12.8 Å². The van der Waals surface area contributed by atoms with Crippen LogP contribution in [0.25, 0.3) is 0 Å². The zero-order valence-corrected chi connectivity index (χ0v) is 8.59. The van der Waals surface area contributed by atoms with Crippen molar-refractivity contribution in [3.8, 4) is 12.3 Å². The molecule has 0 aromatic carbocycles. The molecule has 4 heteroatoms. The van der Waals surface area contributed by atoms with Gasteiger partial charge in [-0.2, -0.15) is 0 Å². The minimum atomic E-state index is 0.407. The van der Waals surface area contributed by atoms with Crippen LogP contribution < -0.4 is 5.32 Å². The summed E-state index contributed by atoms with van der Waals surface area (Å²) in [6.45, 7) is 0.820. The summed E-state index contributed by atoms with van der Waals surface area (Å²) in [5, 5.41) is 3.50. The van der Waals surface area contributed by atoms with Crippen LogP contribution in [0.1, 0.15) is 19.3 Å². The number of unbranched alkanes of at least 4 members (excludes halogenated alkanes) is 2. The van der Waals surface area contributed by atoms with Crippen molar-refractivity contribution in [2.24, 2.45) is 0 Å². The number of nitrogens with zero attached hydrogens (tertiary/aromatic N) is 2. The molecule has 1 N–H and O–H groups in total. The summed E-state index contributed by atoms with van der Waals surface area (Å²) in [5.41, 5.74) is 0. The van der Waals surface area contributed by atoms with E-state index in [9.17, 15) is 0 Å². The summed E-state index contributed by atoms with van der Waals surface area (Å²) < 4.78 is 0. The maximum Gasteiger partial charge on any atom is 0.171 e. The van der Waals surface area contributed by atoms with Gasteiger partial charge in [-0.25, -0.2) is 9.97 Å². The first-order chi connectivity index (χ1) is 6.84. The van der Waals surface area contributed by atoms with Crippen molar-refractivity contribution in [2.75, 3.05) is 11.9 Å². The van der Waals surface area contributed by atoms with E-state index in [1.807, 2.05) is 0 Å². The Morgan fingerprint density at radius 2 is 2.14 bits per heavy atom. The molecule has 1 aromatic rings. The lowest BCUT2D eigenvalue weighted by molar-refractivity contribution is 0.787. The van der Waals surface area contributed by atoms with Crippen LogP contribution in [-0.2, 0) is 0 Å². The maximum atomic E-state index is 5.80. The fourth-order valence-electron chi connectivity index (χ4n) is 0.998. The molecule has 0 saturated carbocycles. The minimum absolute atomic E-state index is 0.407. The fourth-order valence-corrected chi connectivity index (χ4v) is 1.17. The van der Waals surface area contributed by atoms with Gasteiger partial charge in [-0.1, -0.05) is 11.6 Å². The van der Waals surface area contributed by atoms with Gasteiger partial charge in [0.15, 0.2) is 11.0 Å². The molecule has 0 saturated heterocycles. The van der Waals surface area contributed by atoms with Crippen LogP contribution in [0.3, 0.4) is 0 Å². The van der Waals surface area contributed by atoms with Gasteiger partial charge in [0, 0.05) is 25.4 Å². The molecule has 1 aromatic heterocycles. The predicted octanol–water partition coefficient (Wildman–Crippen LogP) is 2.35. The van der Waals surface area contributed by atoms with E-state index < -0.39 is 0 Å². The van der Waals surface area contributed by atoms with Crippen molar-refractivity contribution >= 4 is 17.4 Å². The third kappa shape index (κ3) is 3.63. The van der Waals surface area contributed by atoms with Crippen LogP contribution in [0.4, 0.5) is 5.82 Å². The summed E-state index contributed by atoms with van der Waals surface area (Å²) in [6.07, 6.45) is 11.1. The first-order valence-electron chi connectivity index (χ1n) is 4.48. The zero-order valence-electron chi connectivity index (χ0n) is 7.83. The molecule has 3 nitrogen and oxygen atoms in total. The van der Waals surface area contributed by atoms with Gasteiger partial charge in [-0.3, -0.25) is 0 Å². The van der Waals surface area contributed by atoms with Gasteiger partial charge in [0.2, 0.25) is 0 Å². The number of hydrogen-bond acceptors (Lipinski definition) is 3. The Bertz CT molecular complexity index is 319. The molecule has 74 valence electrons. The highest BCUT2D eigenvalue weighted by Gasteiger charge is 1.99.